The largest absolute Gasteiger partial charge is 0.497 e. The quantitative estimate of drug-likeness (QED) is 0.438. The van der Waals surface area contributed by atoms with Gasteiger partial charge in [-0.25, -0.2) is 4.79 Å². The lowest BCUT2D eigenvalue weighted by Gasteiger charge is -2.31. The number of hydrogen-bond acceptors (Lipinski definition) is 4. The molecule has 154 valence electrons. The summed E-state index contributed by atoms with van der Waals surface area (Å²) in [6.07, 6.45) is 1.67. The van der Waals surface area contributed by atoms with Crippen molar-refractivity contribution in [3.05, 3.63) is 83.2 Å². The van der Waals surface area contributed by atoms with Crippen molar-refractivity contribution in [2.75, 3.05) is 7.11 Å². The van der Waals surface area contributed by atoms with Gasteiger partial charge in [-0.15, -0.1) is 0 Å². The number of rotatable bonds is 4. The average Bonchev–Trinajstić information content (AvgIpc) is 3.07. The first-order chi connectivity index (χ1) is 14.4. The smallest absolute Gasteiger partial charge is 0.365 e. The Balaban J connectivity index is 1.67. The maximum atomic E-state index is 12.5. The van der Waals surface area contributed by atoms with E-state index in [1.807, 2.05) is 18.2 Å². The summed E-state index contributed by atoms with van der Waals surface area (Å²) in [6.45, 7) is 6.53. The van der Waals surface area contributed by atoms with Gasteiger partial charge in [0.1, 0.15) is 5.75 Å². The number of hydrogen-bond donors (Lipinski definition) is 0. The van der Waals surface area contributed by atoms with E-state index in [-0.39, 0.29) is 5.41 Å². The summed E-state index contributed by atoms with van der Waals surface area (Å²) in [5, 5.41) is 4.31. The van der Waals surface area contributed by atoms with Crippen LogP contribution in [0.25, 0.3) is 5.69 Å². The molecule has 5 heteroatoms. The van der Waals surface area contributed by atoms with Crippen molar-refractivity contribution in [2.24, 2.45) is 10.6 Å². The number of fused-ring (bicyclic) bond motifs is 1. The zero-order chi connectivity index (χ0) is 21.3. The molecule has 0 saturated heterocycles. The molecule has 0 aliphatic heterocycles. The van der Waals surface area contributed by atoms with E-state index >= 15 is 0 Å². The van der Waals surface area contributed by atoms with E-state index in [1.54, 1.807) is 31.4 Å². The Morgan fingerprint density at radius 2 is 1.73 bits per heavy atom. The molecule has 0 fully saturated rings. The Morgan fingerprint density at radius 1 is 1.03 bits per heavy atom. The van der Waals surface area contributed by atoms with E-state index in [0.717, 1.165) is 35.5 Å². The summed E-state index contributed by atoms with van der Waals surface area (Å²) in [6, 6.07) is 19.3. The molecular weight excluding hydrogens is 376 g/mol. The Kier molecular flexibility index (Phi) is 5.20. The second kappa shape index (κ2) is 7.82. The van der Waals surface area contributed by atoms with E-state index in [0.29, 0.717) is 11.3 Å². The van der Waals surface area contributed by atoms with Crippen molar-refractivity contribution >= 4 is 11.7 Å². The van der Waals surface area contributed by atoms with Crippen LogP contribution in [-0.2, 0) is 11.3 Å². The zero-order valence-electron chi connectivity index (χ0n) is 17.8. The summed E-state index contributed by atoms with van der Waals surface area (Å²) in [5.74, 6) is 0.212. The normalized spacial score (nSPS) is 16.2. The number of carbonyl (C=O) groups is 1. The first-order valence-electron chi connectivity index (χ1n) is 10.1. The number of aromatic nitrogens is 1. The lowest BCUT2D eigenvalue weighted by molar-refractivity contribution is 0.0514. The third-order valence-electron chi connectivity index (χ3n) is 5.47. The van der Waals surface area contributed by atoms with Gasteiger partial charge in [0, 0.05) is 22.6 Å². The predicted octanol–water partition coefficient (Wildman–Crippen LogP) is 5.33. The van der Waals surface area contributed by atoms with Gasteiger partial charge in [-0.1, -0.05) is 37.2 Å². The van der Waals surface area contributed by atoms with Gasteiger partial charge in [0.2, 0.25) is 0 Å². The monoisotopic (exact) mass is 402 g/mol. The Labute approximate surface area is 176 Å². The molecule has 0 unspecified atom stereocenters. The molecule has 0 bridgehead atoms. The minimum Gasteiger partial charge on any atom is -0.497 e. The molecule has 1 heterocycles. The topological polar surface area (TPSA) is 52.8 Å². The molecule has 0 atom stereocenters. The summed E-state index contributed by atoms with van der Waals surface area (Å²) in [5.41, 5.74) is 5.78. The number of nitrogens with zero attached hydrogens (tertiary/aromatic N) is 2. The van der Waals surface area contributed by atoms with Crippen LogP contribution >= 0.6 is 0 Å². The van der Waals surface area contributed by atoms with E-state index in [1.165, 1.54) is 5.69 Å². The zero-order valence-corrected chi connectivity index (χ0v) is 17.8. The highest BCUT2D eigenvalue weighted by Crippen LogP contribution is 2.38. The first kappa shape index (κ1) is 20.0. The van der Waals surface area contributed by atoms with Gasteiger partial charge in [0.25, 0.3) is 0 Å². The molecule has 30 heavy (non-hydrogen) atoms. The summed E-state index contributed by atoms with van der Waals surface area (Å²) >= 11 is 0. The molecule has 1 aliphatic carbocycles. The summed E-state index contributed by atoms with van der Waals surface area (Å²) in [4.78, 5) is 17.8. The highest BCUT2D eigenvalue weighted by Gasteiger charge is 2.33. The van der Waals surface area contributed by atoms with Crippen LogP contribution in [0.2, 0.25) is 0 Å². The van der Waals surface area contributed by atoms with Gasteiger partial charge < -0.3 is 14.1 Å². The molecule has 0 N–H and O–H groups in total. The lowest BCUT2D eigenvalue weighted by atomic mass is 9.76. The van der Waals surface area contributed by atoms with Crippen LogP contribution in [0.5, 0.6) is 5.75 Å². The maximum absolute atomic E-state index is 12.5. The highest BCUT2D eigenvalue weighted by atomic mass is 16.7. The fraction of sp³-hybridized carbons (Fsp3) is 0.280. The van der Waals surface area contributed by atoms with Crippen LogP contribution in [0.4, 0.5) is 0 Å². The van der Waals surface area contributed by atoms with Gasteiger partial charge in [-0.05, 0) is 67.6 Å². The van der Waals surface area contributed by atoms with E-state index in [9.17, 15) is 4.79 Å². The van der Waals surface area contributed by atoms with Crippen LogP contribution in [-0.4, -0.2) is 23.4 Å². The Bertz CT molecular complexity index is 1090. The van der Waals surface area contributed by atoms with Gasteiger partial charge in [0.05, 0.1) is 18.4 Å². The molecular formula is C25H26N2O3. The van der Waals surface area contributed by atoms with Gasteiger partial charge >= 0.3 is 5.97 Å². The Hall–Kier alpha value is -3.34. The number of ether oxygens (including phenoxy) is 1. The molecule has 0 spiro atoms. The van der Waals surface area contributed by atoms with Crippen molar-refractivity contribution in [1.82, 2.24) is 4.57 Å². The molecule has 5 nitrogen and oxygen atoms in total. The first-order valence-corrected chi connectivity index (χ1v) is 10.1. The van der Waals surface area contributed by atoms with Crippen LogP contribution in [0.3, 0.4) is 0 Å². The van der Waals surface area contributed by atoms with Gasteiger partial charge in [0.15, 0.2) is 0 Å². The molecule has 1 aliphatic rings. The number of carbonyl (C=O) groups excluding carboxylic acids is 1. The Morgan fingerprint density at radius 3 is 2.40 bits per heavy atom. The molecule has 0 amide bonds. The van der Waals surface area contributed by atoms with Gasteiger partial charge in [-0.2, -0.15) is 0 Å². The van der Waals surface area contributed by atoms with Crippen molar-refractivity contribution in [1.29, 1.82) is 0 Å². The maximum Gasteiger partial charge on any atom is 0.365 e. The minimum absolute atomic E-state index is 0.00960. The van der Waals surface area contributed by atoms with Crippen LogP contribution in [0.1, 0.15) is 47.6 Å². The number of oxime groups is 1. The number of methoxy groups -OCH3 is 1. The molecule has 3 aromatic rings. The average molecular weight is 402 g/mol. The van der Waals surface area contributed by atoms with Crippen molar-refractivity contribution in [3.63, 3.8) is 0 Å². The van der Waals surface area contributed by atoms with Gasteiger partial charge in [-0.3, -0.25) is 0 Å². The number of aryl methyl sites for hydroxylation is 1. The second-order valence-electron chi connectivity index (χ2n) is 8.48. The standard InChI is InChI=1S/C25H26N2O3/c1-17-14-21-22(26-30-24(28)18-10-12-20(29-4)13-11-18)15-25(2,3)16-23(21)27(17)19-8-6-5-7-9-19/h5-14H,15-16H2,1-4H3/b26-22-. The van der Waals surface area contributed by atoms with Crippen LogP contribution in [0.15, 0.2) is 65.8 Å². The molecule has 1 aromatic heterocycles. The lowest BCUT2D eigenvalue weighted by Crippen LogP contribution is -2.28. The fourth-order valence-corrected chi connectivity index (χ4v) is 4.07. The number of benzene rings is 2. The van der Waals surface area contributed by atoms with Crippen LogP contribution < -0.4 is 4.74 Å². The van der Waals surface area contributed by atoms with Crippen molar-refractivity contribution in [3.8, 4) is 11.4 Å². The number of para-hydroxylation sites is 1. The van der Waals surface area contributed by atoms with E-state index in [2.05, 4.69) is 48.7 Å². The summed E-state index contributed by atoms with van der Waals surface area (Å²) < 4.78 is 7.41. The highest BCUT2D eigenvalue weighted by molar-refractivity contribution is 6.03. The molecule has 4 rings (SSSR count). The van der Waals surface area contributed by atoms with E-state index in [4.69, 9.17) is 9.57 Å². The molecule has 2 aromatic carbocycles. The SMILES string of the molecule is COc1ccc(C(=O)O/N=C2/CC(C)(C)Cc3c2cc(C)n3-c2ccccc2)cc1. The fourth-order valence-electron chi connectivity index (χ4n) is 4.07. The van der Waals surface area contributed by atoms with Crippen molar-refractivity contribution < 1.29 is 14.4 Å². The summed E-state index contributed by atoms with van der Waals surface area (Å²) in [7, 11) is 1.59. The predicted molar refractivity (Wildman–Crippen MR) is 118 cm³/mol. The minimum atomic E-state index is -0.478. The third-order valence-corrected chi connectivity index (χ3v) is 5.47. The van der Waals surface area contributed by atoms with E-state index < -0.39 is 5.97 Å². The van der Waals surface area contributed by atoms with Crippen molar-refractivity contribution in [2.45, 2.75) is 33.6 Å². The van der Waals surface area contributed by atoms with Crippen LogP contribution in [0, 0.1) is 12.3 Å². The molecule has 0 radical (unpaired) electrons. The third kappa shape index (κ3) is 3.88. The molecule has 0 saturated carbocycles. The second-order valence-corrected chi connectivity index (χ2v) is 8.48.